The number of aliphatic hydroxyl groups excluding tert-OH is 1. The van der Waals surface area contributed by atoms with E-state index in [2.05, 4.69) is 9.97 Å². The molecule has 0 amide bonds. The summed E-state index contributed by atoms with van der Waals surface area (Å²) in [5.41, 5.74) is 1.01. The highest BCUT2D eigenvalue weighted by Gasteiger charge is 2.14. The summed E-state index contributed by atoms with van der Waals surface area (Å²) < 4.78 is 26.2. The molecule has 2 aromatic rings. The molecular weight excluding hydrogens is 270 g/mol. The van der Waals surface area contributed by atoms with Crippen LogP contribution in [0.25, 0.3) is 0 Å². The van der Waals surface area contributed by atoms with E-state index in [4.69, 9.17) is 0 Å². The van der Waals surface area contributed by atoms with Crippen LogP contribution in [0.15, 0.2) is 35.7 Å². The summed E-state index contributed by atoms with van der Waals surface area (Å²) in [5.74, 6) is -1.22. The highest BCUT2D eigenvalue weighted by molar-refractivity contribution is 7.99. The maximum Gasteiger partial charge on any atom is 0.187 e. The summed E-state index contributed by atoms with van der Waals surface area (Å²) in [5, 5.41) is 10.4. The summed E-state index contributed by atoms with van der Waals surface area (Å²) in [7, 11) is 0. The lowest BCUT2D eigenvalue weighted by Gasteiger charge is -2.11. The monoisotopic (exact) mass is 282 g/mol. The zero-order chi connectivity index (χ0) is 13.8. The maximum absolute atomic E-state index is 13.4. The number of rotatable bonds is 4. The van der Waals surface area contributed by atoms with Gasteiger partial charge in [0, 0.05) is 29.8 Å². The van der Waals surface area contributed by atoms with Crippen molar-refractivity contribution in [2.24, 2.45) is 0 Å². The molecule has 0 fully saturated rings. The van der Waals surface area contributed by atoms with Gasteiger partial charge in [0.05, 0.1) is 6.10 Å². The van der Waals surface area contributed by atoms with Crippen LogP contribution >= 0.6 is 11.8 Å². The van der Waals surface area contributed by atoms with E-state index in [9.17, 15) is 13.9 Å². The molecule has 1 heterocycles. The number of nitrogens with zero attached hydrogens (tertiary/aromatic N) is 2. The lowest BCUT2D eigenvalue weighted by molar-refractivity contribution is 0.198. The van der Waals surface area contributed by atoms with Gasteiger partial charge in [0.1, 0.15) is 11.6 Å². The summed E-state index contributed by atoms with van der Waals surface area (Å²) in [6.07, 6.45) is 2.30. The lowest BCUT2D eigenvalue weighted by atomic mass is 10.1. The molecule has 0 aliphatic rings. The smallest absolute Gasteiger partial charge is 0.187 e. The van der Waals surface area contributed by atoms with E-state index >= 15 is 0 Å². The maximum atomic E-state index is 13.4. The zero-order valence-electron chi connectivity index (χ0n) is 10.2. The molecule has 0 aliphatic carbocycles. The van der Waals surface area contributed by atoms with Crippen molar-refractivity contribution in [3.05, 3.63) is 53.4 Å². The predicted molar refractivity (Wildman–Crippen MR) is 68.8 cm³/mol. The Hall–Kier alpha value is -1.53. The van der Waals surface area contributed by atoms with Crippen molar-refractivity contribution < 1.29 is 13.9 Å². The van der Waals surface area contributed by atoms with E-state index in [0.29, 0.717) is 5.16 Å². The van der Waals surface area contributed by atoms with Crippen molar-refractivity contribution in [1.29, 1.82) is 0 Å². The largest absolute Gasteiger partial charge is 0.387 e. The Morgan fingerprint density at radius 3 is 2.58 bits per heavy atom. The molecular formula is C13H12F2N2OS. The molecule has 0 spiro atoms. The van der Waals surface area contributed by atoms with Crippen molar-refractivity contribution >= 4 is 11.8 Å². The second-order valence-electron chi connectivity index (χ2n) is 4.04. The molecule has 1 aromatic heterocycles. The Bertz CT molecular complexity index is 563. The average molecular weight is 282 g/mol. The molecule has 19 heavy (non-hydrogen) atoms. The average Bonchev–Trinajstić information content (AvgIpc) is 2.37. The van der Waals surface area contributed by atoms with Gasteiger partial charge in [0.15, 0.2) is 5.16 Å². The van der Waals surface area contributed by atoms with Crippen molar-refractivity contribution in [2.75, 3.05) is 5.75 Å². The van der Waals surface area contributed by atoms with Crippen LogP contribution in [-0.2, 0) is 0 Å². The molecule has 0 aliphatic heterocycles. The van der Waals surface area contributed by atoms with Gasteiger partial charge in [-0.1, -0.05) is 17.8 Å². The fourth-order valence-electron chi connectivity index (χ4n) is 1.47. The molecule has 0 radical (unpaired) electrons. The fraction of sp³-hybridized carbons (Fsp3) is 0.231. The topological polar surface area (TPSA) is 46.0 Å². The van der Waals surface area contributed by atoms with Gasteiger partial charge < -0.3 is 5.11 Å². The number of aliphatic hydroxyl groups is 1. The number of halogens is 2. The van der Waals surface area contributed by atoms with Crippen molar-refractivity contribution in [3.63, 3.8) is 0 Å². The van der Waals surface area contributed by atoms with Crippen LogP contribution in [0.5, 0.6) is 0 Å². The minimum atomic E-state index is -1.03. The lowest BCUT2D eigenvalue weighted by Crippen LogP contribution is -2.04. The second kappa shape index (κ2) is 6.08. The van der Waals surface area contributed by atoms with Gasteiger partial charge in [-0.05, 0) is 18.6 Å². The van der Waals surface area contributed by atoms with E-state index in [1.165, 1.54) is 17.8 Å². The number of hydrogen-bond donors (Lipinski definition) is 1. The Labute approximate surface area is 113 Å². The highest BCUT2D eigenvalue weighted by Crippen LogP contribution is 2.24. The Morgan fingerprint density at radius 1 is 1.26 bits per heavy atom. The van der Waals surface area contributed by atoms with Gasteiger partial charge in [0.2, 0.25) is 0 Å². The van der Waals surface area contributed by atoms with Crippen LogP contribution in [0.4, 0.5) is 8.78 Å². The Balaban J connectivity index is 2.01. The zero-order valence-corrected chi connectivity index (χ0v) is 11.0. The van der Waals surface area contributed by atoms with E-state index in [1.54, 1.807) is 12.4 Å². The second-order valence-corrected chi connectivity index (χ2v) is 5.02. The molecule has 1 aromatic carbocycles. The summed E-state index contributed by atoms with van der Waals surface area (Å²) in [4.78, 5) is 8.13. The predicted octanol–water partition coefficient (Wildman–Crippen LogP) is 2.89. The first kappa shape index (κ1) is 13.9. The number of aryl methyl sites for hydroxylation is 1. The van der Waals surface area contributed by atoms with E-state index in [0.717, 1.165) is 17.7 Å². The molecule has 3 nitrogen and oxygen atoms in total. The third-order valence-corrected chi connectivity index (χ3v) is 3.40. The molecule has 1 atom stereocenters. The van der Waals surface area contributed by atoms with E-state index < -0.39 is 17.7 Å². The van der Waals surface area contributed by atoms with E-state index in [-0.39, 0.29) is 11.3 Å². The summed E-state index contributed by atoms with van der Waals surface area (Å²) in [6, 6.07) is 3.12. The van der Waals surface area contributed by atoms with Gasteiger partial charge in [-0.3, -0.25) is 0 Å². The number of benzene rings is 1. The van der Waals surface area contributed by atoms with Gasteiger partial charge in [-0.2, -0.15) is 0 Å². The van der Waals surface area contributed by atoms with Crippen molar-refractivity contribution in [3.8, 4) is 0 Å². The first-order valence-corrected chi connectivity index (χ1v) is 6.59. The van der Waals surface area contributed by atoms with Crippen LogP contribution in [0, 0.1) is 18.6 Å². The molecule has 100 valence electrons. The summed E-state index contributed by atoms with van der Waals surface area (Å²) >= 11 is 1.21. The third-order valence-electron chi connectivity index (χ3n) is 2.45. The normalized spacial score (nSPS) is 12.4. The highest BCUT2D eigenvalue weighted by atomic mass is 32.2. The number of aromatic nitrogens is 2. The van der Waals surface area contributed by atoms with Crippen LogP contribution < -0.4 is 0 Å². The summed E-state index contributed by atoms with van der Waals surface area (Å²) in [6.45, 7) is 1.87. The van der Waals surface area contributed by atoms with Crippen LogP contribution in [0.1, 0.15) is 17.2 Å². The molecule has 1 N–H and O–H groups in total. The van der Waals surface area contributed by atoms with Crippen molar-refractivity contribution in [1.82, 2.24) is 9.97 Å². The minimum Gasteiger partial charge on any atom is -0.387 e. The van der Waals surface area contributed by atoms with Gasteiger partial charge >= 0.3 is 0 Å². The van der Waals surface area contributed by atoms with Crippen LogP contribution in [0.3, 0.4) is 0 Å². The van der Waals surface area contributed by atoms with Crippen LogP contribution in [-0.4, -0.2) is 20.8 Å². The molecule has 1 unspecified atom stereocenters. The SMILES string of the molecule is Cc1cnc(SCC(O)c2ccc(F)cc2F)nc1. The van der Waals surface area contributed by atoms with Gasteiger partial charge in [-0.15, -0.1) is 0 Å². The first-order chi connectivity index (χ1) is 9.06. The molecule has 0 saturated carbocycles. The minimum absolute atomic E-state index is 0.0704. The van der Waals surface area contributed by atoms with Gasteiger partial charge in [-0.25, -0.2) is 18.7 Å². The van der Waals surface area contributed by atoms with E-state index in [1.807, 2.05) is 6.92 Å². The molecule has 6 heteroatoms. The third kappa shape index (κ3) is 3.71. The molecule has 0 saturated heterocycles. The van der Waals surface area contributed by atoms with Crippen LogP contribution in [0.2, 0.25) is 0 Å². The first-order valence-electron chi connectivity index (χ1n) is 5.60. The number of thioether (sulfide) groups is 1. The molecule has 0 bridgehead atoms. The number of hydrogen-bond acceptors (Lipinski definition) is 4. The Morgan fingerprint density at radius 2 is 1.95 bits per heavy atom. The fourth-order valence-corrected chi connectivity index (χ4v) is 2.21. The van der Waals surface area contributed by atoms with Crippen molar-refractivity contribution in [2.45, 2.75) is 18.2 Å². The molecule has 2 rings (SSSR count). The van der Waals surface area contributed by atoms with Gasteiger partial charge in [0.25, 0.3) is 0 Å². The standard InChI is InChI=1S/C13H12F2N2OS/c1-8-5-16-13(17-6-8)19-7-12(18)10-3-2-9(14)4-11(10)15/h2-6,12,18H,7H2,1H3. The Kier molecular flexibility index (Phi) is 4.44. The quantitative estimate of drug-likeness (QED) is 0.692.